The number of aromatic nitrogens is 2. The van der Waals surface area contributed by atoms with Crippen molar-refractivity contribution >= 4 is 17.7 Å². The summed E-state index contributed by atoms with van der Waals surface area (Å²) in [7, 11) is 1.84. The third-order valence-corrected chi connectivity index (χ3v) is 3.62. The molecule has 19 heavy (non-hydrogen) atoms. The van der Waals surface area contributed by atoms with Crippen molar-refractivity contribution in [1.82, 2.24) is 9.78 Å². The zero-order chi connectivity index (χ0) is 13.8. The molecule has 6 heteroatoms. The summed E-state index contributed by atoms with van der Waals surface area (Å²) in [5, 5.41) is 12.9. The molecule has 1 aromatic heterocycles. The van der Waals surface area contributed by atoms with Crippen molar-refractivity contribution in [3.05, 3.63) is 47.5 Å². The Bertz CT molecular complexity index is 598. The van der Waals surface area contributed by atoms with E-state index < -0.39 is 5.97 Å². The van der Waals surface area contributed by atoms with Gasteiger partial charge in [0.2, 0.25) is 0 Å². The number of benzene rings is 1. The van der Waals surface area contributed by atoms with Crippen LogP contribution in [-0.4, -0.2) is 26.6 Å². The molecular weight excluding hydrogens is 267 g/mol. The second-order valence-corrected chi connectivity index (χ2v) is 5.21. The Morgan fingerprint density at radius 1 is 1.53 bits per heavy atom. The van der Waals surface area contributed by atoms with E-state index >= 15 is 0 Å². The van der Waals surface area contributed by atoms with E-state index in [1.54, 1.807) is 10.9 Å². The summed E-state index contributed by atoms with van der Waals surface area (Å²) in [5.41, 5.74) is 1.18. The van der Waals surface area contributed by atoms with Crippen LogP contribution in [0.4, 0.5) is 4.39 Å². The van der Waals surface area contributed by atoms with Crippen LogP contribution < -0.4 is 0 Å². The van der Waals surface area contributed by atoms with Crippen molar-refractivity contribution in [3.8, 4) is 0 Å². The van der Waals surface area contributed by atoms with Gasteiger partial charge in [0.05, 0.1) is 11.8 Å². The number of hydrogen-bond acceptors (Lipinski definition) is 3. The summed E-state index contributed by atoms with van der Waals surface area (Å²) in [6.07, 6.45) is 4.43. The lowest BCUT2D eigenvalue weighted by Gasteiger charge is -2.04. The van der Waals surface area contributed by atoms with E-state index in [1.165, 1.54) is 30.0 Å². The van der Waals surface area contributed by atoms with Crippen LogP contribution in [0.5, 0.6) is 0 Å². The van der Waals surface area contributed by atoms with Crippen LogP contribution in [-0.2, 0) is 13.5 Å². The van der Waals surface area contributed by atoms with Crippen LogP contribution >= 0.6 is 11.8 Å². The molecule has 0 aliphatic carbocycles. The minimum Gasteiger partial charge on any atom is -0.478 e. The smallest absolute Gasteiger partial charge is 0.335 e. The molecule has 100 valence electrons. The fraction of sp³-hybridized carbons (Fsp3) is 0.231. The largest absolute Gasteiger partial charge is 0.478 e. The van der Waals surface area contributed by atoms with E-state index in [4.69, 9.17) is 5.11 Å². The minimum atomic E-state index is -1.05. The number of carbonyl (C=O) groups is 1. The number of aromatic carboxylic acids is 1. The maximum atomic E-state index is 13.5. The summed E-state index contributed by atoms with van der Waals surface area (Å²) in [6, 6.07) is 3.82. The normalized spacial score (nSPS) is 10.6. The van der Waals surface area contributed by atoms with Crippen LogP contribution in [0.15, 0.2) is 35.5 Å². The van der Waals surface area contributed by atoms with Gasteiger partial charge in [-0.25, -0.2) is 9.18 Å². The molecular formula is C13H13FN2O2S. The van der Waals surface area contributed by atoms with Gasteiger partial charge in [0.15, 0.2) is 0 Å². The molecule has 1 N–H and O–H groups in total. The van der Waals surface area contributed by atoms with E-state index in [0.29, 0.717) is 10.6 Å². The van der Waals surface area contributed by atoms with Gasteiger partial charge in [-0.05, 0) is 30.2 Å². The molecule has 0 spiro atoms. The second-order valence-electron chi connectivity index (χ2n) is 4.07. The van der Waals surface area contributed by atoms with E-state index in [1.807, 2.05) is 13.2 Å². The van der Waals surface area contributed by atoms with Crippen molar-refractivity contribution in [2.24, 2.45) is 7.05 Å². The molecule has 0 radical (unpaired) electrons. The molecule has 0 fully saturated rings. The van der Waals surface area contributed by atoms with Crippen LogP contribution in [0.1, 0.15) is 15.9 Å². The molecule has 0 saturated heterocycles. The number of aryl methyl sites for hydroxylation is 2. The van der Waals surface area contributed by atoms with E-state index in [2.05, 4.69) is 5.10 Å². The third-order valence-electron chi connectivity index (χ3n) is 2.58. The molecule has 2 rings (SSSR count). The number of carboxylic acids is 1. The highest BCUT2D eigenvalue weighted by Crippen LogP contribution is 2.24. The van der Waals surface area contributed by atoms with Crippen molar-refractivity contribution in [2.45, 2.75) is 11.3 Å². The molecule has 1 aromatic carbocycles. The highest BCUT2D eigenvalue weighted by molar-refractivity contribution is 7.99. The molecule has 0 saturated carbocycles. The molecule has 0 aliphatic rings. The van der Waals surface area contributed by atoms with Crippen LogP contribution in [0.2, 0.25) is 0 Å². The Morgan fingerprint density at radius 2 is 2.32 bits per heavy atom. The standard InChI is InChI=1S/C13H13FN2O2S/c1-16-8-9(7-15-16)4-5-19-12-6-10(13(17)18)2-3-11(12)14/h2-3,6-8H,4-5H2,1H3,(H,17,18). The maximum Gasteiger partial charge on any atom is 0.335 e. The van der Waals surface area contributed by atoms with E-state index in [9.17, 15) is 9.18 Å². The summed E-state index contributed by atoms with van der Waals surface area (Å²) in [5.74, 6) is -0.763. The lowest BCUT2D eigenvalue weighted by Crippen LogP contribution is -1.97. The lowest BCUT2D eigenvalue weighted by molar-refractivity contribution is 0.0696. The maximum absolute atomic E-state index is 13.5. The van der Waals surface area contributed by atoms with Gasteiger partial charge in [-0.15, -0.1) is 11.8 Å². The van der Waals surface area contributed by atoms with E-state index in [-0.39, 0.29) is 11.4 Å². The molecule has 4 nitrogen and oxygen atoms in total. The molecule has 1 heterocycles. The van der Waals surface area contributed by atoms with Gasteiger partial charge >= 0.3 is 5.97 Å². The molecule has 0 atom stereocenters. The summed E-state index contributed by atoms with van der Waals surface area (Å²) in [4.78, 5) is 11.2. The number of nitrogens with zero attached hydrogens (tertiary/aromatic N) is 2. The molecule has 0 amide bonds. The van der Waals surface area contributed by atoms with Crippen LogP contribution in [0, 0.1) is 5.82 Å². The van der Waals surface area contributed by atoms with E-state index in [0.717, 1.165) is 12.0 Å². The van der Waals surface area contributed by atoms with Gasteiger partial charge in [0.25, 0.3) is 0 Å². The molecule has 0 aliphatic heterocycles. The summed E-state index contributed by atoms with van der Waals surface area (Å²) >= 11 is 1.31. The second kappa shape index (κ2) is 5.88. The number of halogens is 1. The topological polar surface area (TPSA) is 55.1 Å². The van der Waals surface area contributed by atoms with Crippen molar-refractivity contribution < 1.29 is 14.3 Å². The van der Waals surface area contributed by atoms with Crippen LogP contribution in [0.25, 0.3) is 0 Å². The Labute approximate surface area is 114 Å². The van der Waals surface area contributed by atoms with Gasteiger partial charge < -0.3 is 5.11 Å². The number of rotatable bonds is 5. The number of carboxylic acid groups (broad SMARTS) is 1. The zero-order valence-electron chi connectivity index (χ0n) is 10.3. The van der Waals surface area contributed by atoms with Gasteiger partial charge in [-0.2, -0.15) is 5.10 Å². The Balaban J connectivity index is 1.99. The predicted octanol–water partition coefficient (Wildman–Crippen LogP) is 2.59. The Hall–Kier alpha value is -1.82. The average molecular weight is 280 g/mol. The molecule has 0 unspecified atom stereocenters. The lowest BCUT2D eigenvalue weighted by atomic mass is 10.2. The first-order valence-corrected chi connectivity index (χ1v) is 6.68. The van der Waals surface area contributed by atoms with Gasteiger partial charge in [-0.1, -0.05) is 0 Å². The molecule has 0 bridgehead atoms. The first-order valence-electron chi connectivity index (χ1n) is 5.69. The van der Waals surface area contributed by atoms with Gasteiger partial charge in [-0.3, -0.25) is 4.68 Å². The zero-order valence-corrected chi connectivity index (χ0v) is 11.2. The molecule has 2 aromatic rings. The number of thioether (sulfide) groups is 1. The average Bonchev–Trinajstić information content (AvgIpc) is 2.77. The quantitative estimate of drug-likeness (QED) is 0.855. The SMILES string of the molecule is Cn1cc(CCSc2cc(C(=O)O)ccc2F)cn1. The van der Waals surface area contributed by atoms with Crippen LogP contribution in [0.3, 0.4) is 0 Å². The first kappa shape index (κ1) is 13.6. The predicted molar refractivity (Wildman–Crippen MR) is 71.0 cm³/mol. The highest BCUT2D eigenvalue weighted by atomic mass is 32.2. The monoisotopic (exact) mass is 280 g/mol. The minimum absolute atomic E-state index is 0.102. The van der Waals surface area contributed by atoms with Crippen molar-refractivity contribution in [1.29, 1.82) is 0 Å². The first-order chi connectivity index (χ1) is 9.06. The van der Waals surface area contributed by atoms with Crippen molar-refractivity contribution in [3.63, 3.8) is 0 Å². The summed E-state index contributed by atoms with van der Waals surface area (Å²) < 4.78 is 15.2. The summed E-state index contributed by atoms with van der Waals surface area (Å²) in [6.45, 7) is 0. The van der Waals surface area contributed by atoms with Crippen molar-refractivity contribution in [2.75, 3.05) is 5.75 Å². The number of hydrogen-bond donors (Lipinski definition) is 1. The fourth-order valence-corrected chi connectivity index (χ4v) is 2.60. The fourth-order valence-electron chi connectivity index (χ4n) is 1.63. The Kier molecular flexibility index (Phi) is 4.21. The highest BCUT2D eigenvalue weighted by Gasteiger charge is 2.09. The van der Waals surface area contributed by atoms with Gasteiger partial charge in [0, 0.05) is 23.9 Å². The van der Waals surface area contributed by atoms with Gasteiger partial charge in [0.1, 0.15) is 5.82 Å². The Morgan fingerprint density at radius 3 is 2.95 bits per heavy atom. The third kappa shape index (κ3) is 3.57.